The Morgan fingerprint density at radius 1 is 1.25 bits per heavy atom. The van der Waals surface area contributed by atoms with Crippen LogP contribution in [0.3, 0.4) is 0 Å². The van der Waals surface area contributed by atoms with Crippen LogP contribution < -0.4 is 15.5 Å². The predicted molar refractivity (Wildman–Crippen MR) is 101 cm³/mol. The van der Waals surface area contributed by atoms with Crippen LogP contribution in [-0.4, -0.2) is 19.4 Å². The van der Waals surface area contributed by atoms with Crippen molar-refractivity contribution >= 4 is 33.5 Å². The molecule has 0 radical (unpaired) electrons. The molecule has 124 valence electrons. The third-order valence-corrected chi connectivity index (χ3v) is 3.84. The lowest BCUT2D eigenvalue weighted by Crippen LogP contribution is -2.14. The molecule has 0 spiro atoms. The monoisotopic (exact) mass is 387 g/mol. The van der Waals surface area contributed by atoms with E-state index >= 15 is 0 Å². The first-order valence-corrected chi connectivity index (χ1v) is 8.32. The zero-order valence-corrected chi connectivity index (χ0v) is 15.1. The van der Waals surface area contributed by atoms with Gasteiger partial charge >= 0.3 is 0 Å². The van der Waals surface area contributed by atoms with Crippen molar-refractivity contribution in [3.63, 3.8) is 0 Å². The highest BCUT2D eigenvalue weighted by atomic mass is 79.9. The maximum atomic E-state index is 12.5. The van der Waals surface area contributed by atoms with Crippen LogP contribution in [0.5, 0.6) is 5.75 Å². The first kappa shape index (κ1) is 17.9. The highest BCUT2D eigenvalue weighted by Crippen LogP contribution is 2.20. The molecule has 0 atom stereocenters. The van der Waals surface area contributed by atoms with E-state index in [1.165, 1.54) is 12.1 Å². The molecule has 0 aliphatic rings. The van der Waals surface area contributed by atoms with E-state index in [0.717, 1.165) is 5.56 Å². The maximum Gasteiger partial charge on any atom is 0.212 e. The van der Waals surface area contributed by atoms with Crippen LogP contribution >= 0.6 is 15.9 Å². The van der Waals surface area contributed by atoms with Gasteiger partial charge in [-0.3, -0.25) is 9.59 Å². The number of ketones is 1. The van der Waals surface area contributed by atoms with Gasteiger partial charge in [0, 0.05) is 17.1 Å². The number of hydrogen-bond donors (Lipinski definition) is 1. The number of anilines is 1. The minimum absolute atomic E-state index is 0.0985. The number of ether oxygens (including phenoxy) is 1. The standard InChI is InChI=1S/C19H18BrNO3/c1-3-24-18-7-5-4-6-13(18)8-11-17(22)15-12-14(20)9-10-16(21-2)19(15)23/h4-12H,3H2,1-2H3,(H,21,23)/b11-8-. The molecule has 0 aromatic heterocycles. The van der Waals surface area contributed by atoms with Crippen molar-refractivity contribution in [2.24, 2.45) is 0 Å². The Morgan fingerprint density at radius 3 is 2.71 bits per heavy atom. The summed E-state index contributed by atoms with van der Waals surface area (Å²) in [7, 11) is 1.65. The Bertz CT molecular complexity index is 831. The van der Waals surface area contributed by atoms with Gasteiger partial charge in [0.2, 0.25) is 5.43 Å². The Balaban J connectivity index is 2.39. The maximum absolute atomic E-state index is 12.5. The van der Waals surface area contributed by atoms with Gasteiger partial charge in [-0.25, -0.2) is 0 Å². The van der Waals surface area contributed by atoms with Crippen LogP contribution in [0.25, 0.3) is 6.08 Å². The molecule has 2 aromatic rings. The molecule has 0 amide bonds. The summed E-state index contributed by atoms with van der Waals surface area (Å²) >= 11 is 3.32. The van der Waals surface area contributed by atoms with E-state index in [4.69, 9.17) is 4.74 Å². The SMILES string of the molecule is CCOc1ccccc1/C=C\C(=O)c1cc(Br)ccc(NC)c1=O. The number of carbonyl (C=O) groups excluding carboxylic acids is 1. The molecular formula is C19H18BrNO3. The molecule has 0 aliphatic carbocycles. The minimum Gasteiger partial charge on any atom is -0.493 e. The van der Waals surface area contributed by atoms with Gasteiger partial charge in [0.15, 0.2) is 5.78 Å². The Morgan fingerprint density at radius 2 is 2.00 bits per heavy atom. The number of halogens is 1. The van der Waals surface area contributed by atoms with E-state index in [-0.39, 0.29) is 16.8 Å². The fraction of sp³-hybridized carbons (Fsp3) is 0.158. The van der Waals surface area contributed by atoms with E-state index in [2.05, 4.69) is 21.2 Å². The van der Waals surface area contributed by atoms with Gasteiger partial charge in [-0.2, -0.15) is 0 Å². The molecule has 0 saturated carbocycles. The van der Waals surface area contributed by atoms with Gasteiger partial charge in [-0.1, -0.05) is 34.1 Å². The van der Waals surface area contributed by atoms with Crippen LogP contribution in [0.4, 0.5) is 5.69 Å². The zero-order valence-electron chi connectivity index (χ0n) is 13.5. The average Bonchev–Trinajstić information content (AvgIpc) is 2.73. The fourth-order valence-electron chi connectivity index (χ4n) is 2.18. The second kappa shape index (κ2) is 8.45. The summed E-state index contributed by atoms with van der Waals surface area (Å²) in [6, 6.07) is 12.3. The molecule has 0 heterocycles. The van der Waals surface area contributed by atoms with Crippen LogP contribution in [0, 0.1) is 0 Å². The topological polar surface area (TPSA) is 55.4 Å². The number of nitrogens with one attached hydrogen (secondary N) is 1. The summed E-state index contributed by atoms with van der Waals surface area (Å²) in [5.74, 6) is 0.335. The van der Waals surface area contributed by atoms with Gasteiger partial charge in [0.25, 0.3) is 0 Å². The molecule has 24 heavy (non-hydrogen) atoms. The highest BCUT2D eigenvalue weighted by molar-refractivity contribution is 9.10. The lowest BCUT2D eigenvalue weighted by Gasteiger charge is -2.05. The predicted octanol–water partition coefficient (Wildman–Crippen LogP) is 4.15. The number of para-hydroxylation sites is 1. The highest BCUT2D eigenvalue weighted by Gasteiger charge is 2.10. The molecule has 2 aromatic carbocycles. The van der Waals surface area contributed by atoms with Gasteiger partial charge in [-0.15, -0.1) is 0 Å². The molecule has 1 N–H and O–H groups in total. The van der Waals surface area contributed by atoms with Crippen molar-refractivity contribution in [2.45, 2.75) is 6.92 Å². The third-order valence-electron chi connectivity index (χ3n) is 3.35. The number of benzene rings is 1. The molecule has 0 unspecified atom stereocenters. The molecule has 0 bridgehead atoms. The van der Waals surface area contributed by atoms with E-state index in [9.17, 15) is 9.59 Å². The van der Waals surface area contributed by atoms with E-state index in [1.807, 2.05) is 31.2 Å². The van der Waals surface area contributed by atoms with Gasteiger partial charge in [0.05, 0.1) is 17.9 Å². The lowest BCUT2D eigenvalue weighted by molar-refractivity contribution is 0.104. The quantitative estimate of drug-likeness (QED) is 0.597. The Hall–Kier alpha value is -2.40. The zero-order chi connectivity index (χ0) is 17.5. The molecule has 0 saturated heterocycles. The average molecular weight is 388 g/mol. The van der Waals surface area contributed by atoms with Crippen LogP contribution in [0.1, 0.15) is 22.8 Å². The van der Waals surface area contributed by atoms with E-state index < -0.39 is 0 Å². The first-order valence-electron chi connectivity index (χ1n) is 7.52. The van der Waals surface area contributed by atoms with Crippen molar-refractivity contribution in [2.75, 3.05) is 19.0 Å². The first-order chi connectivity index (χ1) is 11.6. The summed E-state index contributed by atoms with van der Waals surface area (Å²) in [6.07, 6.45) is 3.05. The smallest absolute Gasteiger partial charge is 0.212 e. The molecular weight excluding hydrogens is 370 g/mol. The van der Waals surface area contributed by atoms with Crippen LogP contribution in [-0.2, 0) is 0 Å². The second-order valence-electron chi connectivity index (χ2n) is 4.94. The van der Waals surface area contributed by atoms with Crippen molar-refractivity contribution < 1.29 is 9.53 Å². The van der Waals surface area contributed by atoms with Crippen molar-refractivity contribution in [1.82, 2.24) is 0 Å². The van der Waals surface area contributed by atoms with E-state index in [1.54, 1.807) is 25.3 Å². The summed E-state index contributed by atoms with van der Waals surface area (Å²) in [5, 5.41) is 2.81. The minimum atomic E-state index is -0.361. The number of allylic oxidation sites excluding steroid dienone is 1. The summed E-state index contributed by atoms with van der Waals surface area (Å²) in [6.45, 7) is 2.44. The van der Waals surface area contributed by atoms with Crippen molar-refractivity contribution in [3.8, 4) is 5.75 Å². The third kappa shape index (κ3) is 4.32. The Kier molecular flexibility index (Phi) is 6.32. The normalized spacial score (nSPS) is 10.6. The van der Waals surface area contributed by atoms with Gasteiger partial charge in [-0.05, 0) is 43.3 Å². The lowest BCUT2D eigenvalue weighted by atomic mass is 10.1. The molecule has 4 nitrogen and oxygen atoms in total. The number of rotatable bonds is 6. The van der Waals surface area contributed by atoms with Crippen molar-refractivity contribution in [1.29, 1.82) is 0 Å². The molecule has 0 aliphatic heterocycles. The summed E-state index contributed by atoms with van der Waals surface area (Å²) < 4.78 is 6.19. The number of hydrogen-bond acceptors (Lipinski definition) is 4. The Labute approximate surface area is 149 Å². The van der Waals surface area contributed by atoms with Gasteiger partial charge in [0.1, 0.15) is 5.75 Å². The fourth-order valence-corrected chi connectivity index (χ4v) is 2.54. The number of carbonyl (C=O) groups is 1. The van der Waals surface area contributed by atoms with Crippen LogP contribution in [0.2, 0.25) is 0 Å². The van der Waals surface area contributed by atoms with Crippen LogP contribution in [0.15, 0.2) is 57.8 Å². The molecule has 2 rings (SSSR count). The summed E-state index contributed by atoms with van der Waals surface area (Å²) in [4.78, 5) is 24.9. The molecule has 5 heteroatoms. The van der Waals surface area contributed by atoms with E-state index in [0.29, 0.717) is 22.5 Å². The molecule has 0 fully saturated rings. The largest absolute Gasteiger partial charge is 0.493 e. The van der Waals surface area contributed by atoms with Gasteiger partial charge < -0.3 is 10.1 Å². The summed E-state index contributed by atoms with van der Waals surface area (Å²) in [5.41, 5.74) is 0.915. The van der Waals surface area contributed by atoms with Crippen molar-refractivity contribution in [3.05, 3.63) is 74.4 Å². The second-order valence-corrected chi connectivity index (χ2v) is 5.85.